The number of anilines is 1. The van der Waals surface area contributed by atoms with E-state index in [-0.39, 0.29) is 24.2 Å². The van der Waals surface area contributed by atoms with Crippen LogP contribution in [0.1, 0.15) is 29.6 Å². The Kier molecular flexibility index (Phi) is 5.19. The fourth-order valence-corrected chi connectivity index (χ4v) is 2.87. The molecule has 1 aliphatic heterocycles. The third-order valence-corrected chi connectivity index (χ3v) is 4.21. The molecule has 21 heavy (non-hydrogen) atoms. The first-order valence-corrected chi connectivity index (χ1v) is 7.53. The minimum absolute atomic E-state index is 0.0491. The third kappa shape index (κ3) is 3.74. The Morgan fingerprint density at radius 1 is 1.38 bits per heavy atom. The van der Waals surface area contributed by atoms with Crippen molar-refractivity contribution in [2.75, 3.05) is 18.5 Å². The van der Waals surface area contributed by atoms with E-state index in [9.17, 15) is 14.7 Å². The molecule has 3 N–H and O–H groups in total. The molecule has 1 unspecified atom stereocenters. The Labute approximate surface area is 130 Å². The van der Waals surface area contributed by atoms with Gasteiger partial charge in [0, 0.05) is 11.0 Å². The summed E-state index contributed by atoms with van der Waals surface area (Å²) in [7, 11) is 0. The van der Waals surface area contributed by atoms with Crippen molar-refractivity contribution in [1.82, 2.24) is 4.90 Å². The number of carbonyl (C=O) groups excluding carboxylic acids is 1. The van der Waals surface area contributed by atoms with Crippen molar-refractivity contribution in [2.24, 2.45) is 0 Å². The Bertz CT molecular complexity index is 550. The number of benzene rings is 1. The van der Waals surface area contributed by atoms with E-state index >= 15 is 0 Å². The molecule has 1 atom stereocenters. The number of aromatic carboxylic acids is 1. The summed E-state index contributed by atoms with van der Waals surface area (Å²) >= 11 is 3.25. The average Bonchev–Trinajstić information content (AvgIpc) is 2.48. The second-order valence-electron chi connectivity index (χ2n) is 4.96. The second kappa shape index (κ2) is 6.91. The van der Waals surface area contributed by atoms with E-state index in [1.165, 1.54) is 12.1 Å². The molecule has 1 aromatic rings. The second-order valence-corrected chi connectivity index (χ2v) is 5.81. The number of nitrogens with one attached hydrogen (secondary N) is 1. The molecule has 6 nitrogen and oxygen atoms in total. The monoisotopic (exact) mass is 356 g/mol. The Morgan fingerprint density at radius 2 is 2.14 bits per heavy atom. The van der Waals surface area contributed by atoms with Crippen molar-refractivity contribution >= 4 is 33.6 Å². The number of urea groups is 1. The van der Waals surface area contributed by atoms with Gasteiger partial charge < -0.3 is 20.4 Å². The van der Waals surface area contributed by atoms with Crippen molar-refractivity contribution in [3.05, 3.63) is 28.2 Å². The number of hydrogen-bond donors (Lipinski definition) is 3. The molecule has 114 valence electrons. The largest absolute Gasteiger partial charge is 0.478 e. The fraction of sp³-hybridized carbons (Fsp3) is 0.429. The smallest absolute Gasteiger partial charge is 0.335 e. The van der Waals surface area contributed by atoms with Crippen molar-refractivity contribution in [1.29, 1.82) is 0 Å². The van der Waals surface area contributed by atoms with E-state index < -0.39 is 5.97 Å². The Balaban J connectivity index is 2.10. The van der Waals surface area contributed by atoms with E-state index in [0.29, 0.717) is 16.7 Å². The first kappa shape index (κ1) is 15.8. The van der Waals surface area contributed by atoms with Gasteiger partial charge in [0.25, 0.3) is 0 Å². The van der Waals surface area contributed by atoms with Gasteiger partial charge in [0.05, 0.1) is 23.9 Å². The van der Waals surface area contributed by atoms with Gasteiger partial charge in [-0.25, -0.2) is 9.59 Å². The summed E-state index contributed by atoms with van der Waals surface area (Å²) in [6, 6.07) is 3.98. The minimum atomic E-state index is -1.02. The summed E-state index contributed by atoms with van der Waals surface area (Å²) in [6.45, 7) is 0.564. The molecule has 1 saturated heterocycles. The molecule has 0 radical (unpaired) electrons. The van der Waals surface area contributed by atoms with E-state index in [1.807, 2.05) is 0 Å². The van der Waals surface area contributed by atoms with Crippen LogP contribution in [0.5, 0.6) is 0 Å². The van der Waals surface area contributed by atoms with Crippen LogP contribution in [0.2, 0.25) is 0 Å². The van der Waals surface area contributed by atoms with Gasteiger partial charge in [-0.3, -0.25) is 0 Å². The lowest BCUT2D eigenvalue weighted by molar-refractivity contribution is 0.0697. The van der Waals surface area contributed by atoms with Crippen molar-refractivity contribution in [3.8, 4) is 0 Å². The summed E-state index contributed by atoms with van der Waals surface area (Å²) in [5.74, 6) is -1.02. The maximum Gasteiger partial charge on any atom is 0.335 e. The number of carbonyl (C=O) groups is 2. The van der Waals surface area contributed by atoms with Crippen LogP contribution in [0.15, 0.2) is 22.7 Å². The third-order valence-electron chi connectivity index (χ3n) is 3.56. The van der Waals surface area contributed by atoms with Crippen molar-refractivity contribution in [3.63, 3.8) is 0 Å². The molecular formula is C14H17BrN2O4. The maximum atomic E-state index is 12.3. The van der Waals surface area contributed by atoms with Crippen molar-refractivity contribution in [2.45, 2.75) is 25.3 Å². The lowest BCUT2D eigenvalue weighted by atomic mass is 10.0. The van der Waals surface area contributed by atoms with Crippen molar-refractivity contribution < 1.29 is 19.8 Å². The van der Waals surface area contributed by atoms with Gasteiger partial charge in [-0.2, -0.15) is 0 Å². The lowest BCUT2D eigenvalue weighted by Gasteiger charge is -2.34. The lowest BCUT2D eigenvalue weighted by Crippen LogP contribution is -2.47. The topological polar surface area (TPSA) is 89.9 Å². The van der Waals surface area contributed by atoms with Gasteiger partial charge in [-0.1, -0.05) is 0 Å². The maximum absolute atomic E-state index is 12.3. The molecule has 0 spiro atoms. The summed E-state index contributed by atoms with van der Waals surface area (Å²) in [6.07, 6.45) is 2.72. The van der Waals surface area contributed by atoms with Crippen LogP contribution < -0.4 is 5.32 Å². The number of amides is 2. The number of aliphatic hydroxyl groups excluding tert-OH is 1. The molecule has 2 amide bonds. The molecule has 0 bridgehead atoms. The first-order valence-electron chi connectivity index (χ1n) is 6.74. The zero-order valence-electron chi connectivity index (χ0n) is 11.4. The molecule has 2 rings (SSSR count). The molecule has 1 fully saturated rings. The van der Waals surface area contributed by atoms with Gasteiger partial charge in [0.15, 0.2) is 0 Å². The molecule has 0 aromatic heterocycles. The predicted molar refractivity (Wildman–Crippen MR) is 81.6 cm³/mol. The zero-order chi connectivity index (χ0) is 15.4. The summed E-state index contributed by atoms with van der Waals surface area (Å²) < 4.78 is 0.508. The van der Waals surface area contributed by atoms with Crippen LogP contribution in [0.4, 0.5) is 10.5 Å². The SMILES string of the molecule is O=C(O)c1ccc(NC(=O)N2CCCCC2CO)c(Br)c1. The number of aliphatic hydroxyl groups is 1. The van der Waals surface area contributed by atoms with Crippen LogP contribution in [-0.4, -0.2) is 46.3 Å². The van der Waals surface area contributed by atoms with Crippen LogP contribution in [0, 0.1) is 0 Å². The number of carboxylic acid groups (broad SMARTS) is 1. The van der Waals surface area contributed by atoms with Crippen LogP contribution >= 0.6 is 15.9 Å². The van der Waals surface area contributed by atoms with Gasteiger partial charge in [0.1, 0.15) is 0 Å². The standard InChI is InChI=1S/C14H17BrN2O4/c15-11-7-9(13(19)20)4-5-12(11)16-14(21)17-6-2-1-3-10(17)8-18/h4-5,7,10,18H,1-3,6,8H2,(H,16,21)(H,19,20). The normalized spacial score (nSPS) is 18.4. The molecule has 7 heteroatoms. The van der Waals surface area contributed by atoms with E-state index in [0.717, 1.165) is 19.3 Å². The number of likely N-dealkylation sites (tertiary alicyclic amines) is 1. The molecule has 0 saturated carbocycles. The van der Waals surface area contributed by atoms with E-state index in [2.05, 4.69) is 21.2 Å². The highest BCUT2D eigenvalue weighted by Crippen LogP contribution is 2.25. The number of halogens is 1. The highest BCUT2D eigenvalue weighted by Gasteiger charge is 2.26. The van der Waals surface area contributed by atoms with Crippen LogP contribution in [-0.2, 0) is 0 Å². The number of piperidine rings is 1. The van der Waals surface area contributed by atoms with Gasteiger partial charge in [-0.15, -0.1) is 0 Å². The Hall–Kier alpha value is -1.60. The molecular weight excluding hydrogens is 340 g/mol. The molecule has 1 aliphatic rings. The highest BCUT2D eigenvalue weighted by atomic mass is 79.9. The minimum Gasteiger partial charge on any atom is -0.478 e. The van der Waals surface area contributed by atoms with Gasteiger partial charge in [0.2, 0.25) is 0 Å². The van der Waals surface area contributed by atoms with Gasteiger partial charge in [-0.05, 0) is 53.4 Å². The zero-order valence-corrected chi connectivity index (χ0v) is 13.0. The molecule has 1 heterocycles. The summed E-state index contributed by atoms with van der Waals surface area (Å²) in [5.41, 5.74) is 0.651. The fourth-order valence-electron chi connectivity index (χ4n) is 2.39. The predicted octanol–water partition coefficient (Wildman–Crippen LogP) is 2.53. The number of nitrogens with zero attached hydrogens (tertiary/aromatic N) is 1. The van der Waals surface area contributed by atoms with Crippen LogP contribution in [0.25, 0.3) is 0 Å². The van der Waals surface area contributed by atoms with Crippen LogP contribution in [0.3, 0.4) is 0 Å². The Morgan fingerprint density at radius 3 is 2.76 bits per heavy atom. The number of rotatable bonds is 3. The average molecular weight is 357 g/mol. The summed E-state index contributed by atoms with van der Waals surface area (Å²) in [5, 5.41) is 21.0. The number of carboxylic acids is 1. The van der Waals surface area contributed by atoms with E-state index in [4.69, 9.17) is 5.11 Å². The number of hydrogen-bond acceptors (Lipinski definition) is 3. The summed E-state index contributed by atoms with van der Waals surface area (Å²) in [4.78, 5) is 24.8. The van der Waals surface area contributed by atoms with E-state index in [1.54, 1.807) is 11.0 Å². The molecule has 1 aromatic carbocycles. The highest BCUT2D eigenvalue weighted by molar-refractivity contribution is 9.10. The molecule has 0 aliphatic carbocycles. The quantitative estimate of drug-likeness (QED) is 0.776. The first-order chi connectivity index (χ1) is 10.0. The van der Waals surface area contributed by atoms with Gasteiger partial charge >= 0.3 is 12.0 Å².